The number of hydrogen-bond acceptors (Lipinski definition) is 8. The summed E-state index contributed by atoms with van der Waals surface area (Å²) in [5, 5.41) is 12.4. The molecule has 1 amide bonds. The van der Waals surface area contributed by atoms with E-state index in [1.165, 1.54) is 28.7 Å². The van der Waals surface area contributed by atoms with Gasteiger partial charge in [0.2, 0.25) is 5.91 Å². The molecule has 0 aliphatic carbocycles. The van der Waals surface area contributed by atoms with Crippen LogP contribution in [0.2, 0.25) is 0 Å². The van der Waals surface area contributed by atoms with E-state index >= 15 is 0 Å². The quantitative estimate of drug-likeness (QED) is 0.324. The van der Waals surface area contributed by atoms with E-state index < -0.39 is 5.97 Å². The Morgan fingerprint density at radius 3 is 2.70 bits per heavy atom. The maximum atomic E-state index is 12.6. The third kappa shape index (κ3) is 6.14. The van der Waals surface area contributed by atoms with Gasteiger partial charge in [0, 0.05) is 11.4 Å². The van der Waals surface area contributed by atoms with Crippen molar-refractivity contribution < 1.29 is 19.1 Å². The summed E-state index contributed by atoms with van der Waals surface area (Å²) >= 11 is 2.63. The number of aromatic nitrogens is 3. The van der Waals surface area contributed by atoms with Gasteiger partial charge < -0.3 is 19.4 Å². The fraction of sp³-hybridized carbons (Fsp3) is 0.391. The molecule has 0 aliphatic heterocycles. The predicted octanol–water partition coefficient (Wildman–Crippen LogP) is 4.77. The molecule has 176 valence electrons. The van der Waals surface area contributed by atoms with Crippen molar-refractivity contribution in [3.8, 4) is 5.75 Å². The number of thioether (sulfide) groups is 1. The molecule has 0 fully saturated rings. The standard InChI is InChI=1S/C23H28N4O4S2/c1-6-27-19(12-31-18-10-8-9-14(3)16(18)5)25-26-23(27)32-13-20(28)24-21-17(11-15(4)33-21)22(29)30-7-2/h8-11H,6-7,12-13H2,1-5H3,(H,24,28). The summed E-state index contributed by atoms with van der Waals surface area (Å²) < 4.78 is 13.0. The van der Waals surface area contributed by atoms with E-state index in [0.717, 1.165) is 16.2 Å². The van der Waals surface area contributed by atoms with Gasteiger partial charge in [-0.1, -0.05) is 23.9 Å². The number of carbonyl (C=O) groups excluding carboxylic acids is 2. The van der Waals surface area contributed by atoms with Crippen LogP contribution in [0.1, 0.15) is 46.0 Å². The number of nitrogens with one attached hydrogen (secondary N) is 1. The largest absolute Gasteiger partial charge is 0.485 e. The van der Waals surface area contributed by atoms with E-state index in [1.54, 1.807) is 13.0 Å². The average Bonchev–Trinajstić information content (AvgIpc) is 3.35. The maximum absolute atomic E-state index is 12.6. The molecule has 8 nitrogen and oxygen atoms in total. The summed E-state index contributed by atoms with van der Waals surface area (Å²) in [6.07, 6.45) is 0. The summed E-state index contributed by atoms with van der Waals surface area (Å²) in [5.74, 6) is 0.975. The van der Waals surface area contributed by atoms with E-state index in [0.29, 0.717) is 28.1 Å². The van der Waals surface area contributed by atoms with Gasteiger partial charge in [-0.15, -0.1) is 21.5 Å². The maximum Gasteiger partial charge on any atom is 0.341 e. The average molecular weight is 489 g/mol. The molecule has 0 radical (unpaired) electrons. The van der Waals surface area contributed by atoms with Crippen LogP contribution in [-0.2, 0) is 22.7 Å². The molecule has 0 spiro atoms. The van der Waals surface area contributed by atoms with E-state index in [-0.39, 0.29) is 24.9 Å². The molecule has 3 rings (SSSR count). The second-order valence-electron chi connectivity index (χ2n) is 7.29. The Kier molecular flexibility index (Phi) is 8.51. The molecule has 2 aromatic heterocycles. The lowest BCUT2D eigenvalue weighted by Gasteiger charge is -2.11. The highest BCUT2D eigenvalue weighted by Gasteiger charge is 2.19. The van der Waals surface area contributed by atoms with Gasteiger partial charge in [-0.05, 0) is 57.9 Å². The molecule has 1 N–H and O–H groups in total. The van der Waals surface area contributed by atoms with Gasteiger partial charge in [0.05, 0.1) is 17.9 Å². The van der Waals surface area contributed by atoms with Crippen molar-refractivity contribution in [1.82, 2.24) is 14.8 Å². The number of amides is 1. The molecule has 33 heavy (non-hydrogen) atoms. The van der Waals surface area contributed by atoms with Crippen LogP contribution in [0.4, 0.5) is 5.00 Å². The first-order chi connectivity index (χ1) is 15.8. The van der Waals surface area contributed by atoms with Crippen LogP contribution in [0.25, 0.3) is 0 Å². The van der Waals surface area contributed by atoms with Gasteiger partial charge in [-0.3, -0.25) is 4.79 Å². The fourth-order valence-corrected chi connectivity index (χ4v) is 4.87. The van der Waals surface area contributed by atoms with E-state index in [2.05, 4.69) is 15.5 Å². The molecule has 3 aromatic rings. The topological polar surface area (TPSA) is 95.3 Å². The summed E-state index contributed by atoms with van der Waals surface area (Å²) in [7, 11) is 0. The minimum Gasteiger partial charge on any atom is -0.485 e. The number of benzene rings is 1. The lowest BCUT2D eigenvalue weighted by molar-refractivity contribution is -0.113. The second-order valence-corrected chi connectivity index (χ2v) is 9.49. The molecule has 0 atom stereocenters. The Bertz CT molecular complexity index is 1140. The molecular weight excluding hydrogens is 460 g/mol. The summed E-state index contributed by atoms with van der Waals surface area (Å²) in [5.41, 5.74) is 2.64. The fourth-order valence-electron chi connectivity index (χ4n) is 3.13. The SMILES string of the molecule is CCOC(=O)c1cc(C)sc1NC(=O)CSc1nnc(COc2cccc(C)c2C)n1CC. The van der Waals surface area contributed by atoms with Gasteiger partial charge in [0.1, 0.15) is 17.4 Å². The van der Waals surface area contributed by atoms with Gasteiger partial charge in [0.15, 0.2) is 11.0 Å². The van der Waals surface area contributed by atoms with Crippen molar-refractivity contribution in [2.75, 3.05) is 17.7 Å². The van der Waals surface area contributed by atoms with Crippen molar-refractivity contribution in [2.24, 2.45) is 0 Å². The zero-order valence-electron chi connectivity index (χ0n) is 19.4. The predicted molar refractivity (Wildman–Crippen MR) is 130 cm³/mol. The number of anilines is 1. The van der Waals surface area contributed by atoms with E-state index in [9.17, 15) is 9.59 Å². The second kappa shape index (κ2) is 11.3. The normalized spacial score (nSPS) is 10.8. The van der Waals surface area contributed by atoms with Crippen molar-refractivity contribution >= 4 is 40.0 Å². The molecule has 0 saturated carbocycles. The zero-order chi connectivity index (χ0) is 24.0. The van der Waals surface area contributed by atoms with Gasteiger partial charge in [-0.2, -0.15) is 0 Å². The van der Waals surface area contributed by atoms with Crippen molar-refractivity contribution in [1.29, 1.82) is 0 Å². The molecule has 1 aromatic carbocycles. The number of rotatable bonds is 10. The number of hydrogen-bond donors (Lipinski definition) is 1. The van der Waals surface area contributed by atoms with Crippen LogP contribution in [-0.4, -0.2) is 39.0 Å². The van der Waals surface area contributed by atoms with Crippen LogP contribution in [0, 0.1) is 20.8 Å². The lowest BCUT2D eigenvalue weighted by Crippen LogP contribution is -2.16. The summed E-state index contributed by atoms with van der Waals surface area (Å²) in [4.78, 5) is 25.6. The lowest BCUT2D eigenvalue weighted by atomic mass is 10.1. The van der Waals surface area contributed by atoms with Crippen molar-refractivity contribution in [3.63, 3.8) is 0 Å². The molecule has 0 unspecified atom stereocenters. The zero-order valence-corrected chi connectivity index (χ0v) is 21.1. The first-order valence-electron chi connectivity index (χ1n) is 10.6. The van der Waals surface area contributed by atoms with E-state index in [4.69, 9.17) is 9.47 Å². The first-order valence-corrected chi connectivity index (χ1v) is 12.5. The van der Waals surface area contributed by atoms with Gasteiger partial charge in [0.25, 0.3) is 0 Å². The Morgan fingerprint density at radius 1 is 1.18 bits per heavy atom. The highest BCUT2D eigenvalue weighted by Crippen LogP contribution is 2.29. The molecule has 0 saturated heterocycles. The Hall–Kier alpha value is -2.85. The minimum atomic E-state index is -0.441. The number of ether oxygens (including phenoxy) is 2. The highest BCUT2D eigenvalue weighted by molar-refractivity contribution is 7.99. The van der Waals surface area contributed by atoms with Crippen molar-refractivity contribution in [3.05, 3.63) is 51.7 Å². The van der Waals surface area contributed by atoms with Crippen LogP contribution >= 0.6 is 23.1 Å². The van der Waals surface area contributed by atoms with Crippen LogP contribution in [0.15, 0.2) is 29.4 Å². The Labute approximate surface area is 201 Å². The highest BCUT2D eigenvalue weighted by atomic mass is 32.2. The molecule has 0 bridgehead atoms. The summed E-state index contributed by atoms with van der Waals surface area (Å²) in [6, 6.07) is 7.67. The number of nitrogens with zero attached hydrogens (tertiary/aromatic N) is 3. The van der Waals surface area contributed by atoms with E-state index in [1.807, 2.05) is 50.5 Å². The van der Waals surface area contributed by atoms with Gasteiger partial charge in [-0.25, -0.2) is 4.79 Å². The minimum absolute atomic E-state index is 0.134. The van der Waals surface area contributed by atoms with Crippen LogP contribution in [0.5, 0.6) is 5.75 Å². The monoisotopic (exact) mass is 488 g/mol. The molecular formula is C23H28N4O4S2. The number of esters is 1. The number of aryl methyl sites for hydroxylation is 2. The number of carbonyl (C=O) groups is 2. The van der Waals surface area contributed by atoms with Crippen LogP contribution < -0.4 is 10.1 Å². The summed E-state index contributed by atoms with van der Waals surface area (Å²) in [6.45, 7) is 10.9. The third-order valence-corrected chi connectivity index (χ3v) is 6.89. The first kappa shape index (κ1) is 24.8. The van der Waals surface area contributed by atoms with Gasteiger partial charge >= 0.3 is 5.97 Å². The number of thiophene rings is 1. The smallest absolute Gasteiger partial charge is 0.341 e. The Balaban J connectivity index is 1.62. The molecule has 10 heteroatoms. The molecule has 2 heterocycles. The third-order valence-electron chi connectivity index (χ3n) is 4.96. The Morgan fingerprint density at radius 2 is 1.97 bits per heavy atom. The molecule has 0 aliphatic rings. The van der Waals surface area contributed by atoms with Crippen LogP contribution in [0.3, 0.4) is 0 Å². The van der Waals surface area contributed by atoms with Crippen molar-refractivity contribution in [2.45, 2.75) is 52.9 Å².